The molecule has 0 aromatic heterocycles. The van der Waals surface area contributed by atoms with E-state index >= 15 is 0 Å². The second kappa shape index (κ2) is 7.58. The lowest BCUT2D eigenvalue weighted by Gasteiger charge is -2.36. The summed E-state index contributed by atoms with van der Waals surface area (Å²) >= 11 is 1.48. The fraction of sp³-hybridized carbons (Fsp3) is 0.750. The maximum absolute atomic E-state index is 10.4. The van der Waals surface area contributed by atoms with Gasteiger partial charge in [-0.15, -0.1) is 11.8 Å². The summed E-state index contributed by atoms with van der Waals surface area (Å²) in [6, 6.07) is 2.10. The van der Waals surface area contributed by atoms with Crippen molar-refractivity contribution in [1.82, 2.24) is 0 Å². The Hall–Kier alpha value is -1.48. The van der Waals surface area contributed by atoms with Gasteiger partial charge < -0.3 is 29.4 Å². The summed E-state index contributed by atoms with van der Waals surface area (Å²) in [7, 11) is 0. The molecule has 0 amide bonds. The number of hydrogen-bond donors (Lipinski definition) is 1. The second-order valence-corrected chi connectivity index (χ2v) is 9.58. The minimum absolute atomic E-state index is 0.249. The molecule has 5 rings (SSSR count). The molecule has 5 aliphatic heterocycles. The van der Waals surface area contributed by atoms with Crippen LogP contribution in [0.3, 0.4) is 0 Å². The highest BCUT2D eigenvalue weighted by Crippen LogP contribution is 2.52. The number of hydrogen-bond acceptors (Lipinski definition) is 10. The molecule has 0 radical (unpaired) electrons. The van der Waals surface area contributed by atoms with Crippen LogP contribution in [-0.2, 0) is 23.7 Å². The molecule has 162 valence electrons. The number of nitrogens with two attached hydrogens (primary N) is 1. The third kappa shape index (κ3) is 3.28. The Kier molecular flexibility index (Phi) is 5.16. The molecule has 9 nitrogen and oxygen atoms in total. The van der Waals surface area contributed by atoms with Crippen molar-refractivity contribution in [1.29, 1.82) is 5.26 Å². The van der Waals surface area contributed by atoms with E-state index in [1.165, 1.54) is 18.1 Å². The van der Waals surface area contributed by atoms with Gasteiger partial charge in [0, 0.05) is 12.2 Å². The molecule has 5 heterocycles. The molecule has 30 heavy (non-hydrogen) atoms. The Bertz CT molecular complexity index is 834. The fourth-order valence-electron chi connectivity index (χ4n) is 4.74. The molecule has 10 heteroatoms. The molecule has 3 fully saturated rings. The predicted molar refractivity (Wildman–Crippen MR) is 110 cm³/mol. The topological polar surface area (TPSA) is 121 Å². The summed E-state index contributed by atoms with van der Waals surface area (Å²) in [6.45, 7) is 4.67. The lowest BCUT2D eigenvalue weighted by atomic mass is 9.86. The highest BCUT2D eigenvalue weighted by molar-refractivity contribution is 8.03. The quantitative estimate of drug-likeness (QED) is 0.706. The van der Waals surface area contributed by atoms with Crippen LogP contribution in [0.1, 0.15) is 33.1 Å². The molecule has 0 aromatic carbocycles. The summed E-state index contributed by atoms with van der Waals surface area (Å²) < 4.78 is 30.5. The first-order chi connectivity index (χ1) is 14.4. The van der Waals surface area contributed by atoms with Gasteiger partial charge in [0.25, 0.3) is 0 Å². The molecular weight excluding hydrogens is 408 g/mol. The fourth-order valence-corrected chi connectivity index (χ4v) is 6.10. The van der Waals surface area contributed by atoms with Gasteiger partial charge in [0.15, 0.2) is 17.7 Å². The molecule has 0 bridgehead atoms. The van der Waals surface area contributed by atoms with Gasteiger partial charge in [-0.3, -0.25) is 4.99 Å². The zero-order valence-electron chi connectivity index (χ0n) is 17.0. The Balaban J connectivity index is 1.40. The minimum Gasteiger partial charge on any atom is -0.383 e. The number of fused-ring (bicyclic) bond motifs is 2. The summed E-state index contributed by atoms with van der Waals surface area (Å²) in [5.41, 5.74) is 5.59. The number of thioether (sulfide) groups is 1. The van der Waals surface area contributed by atoms with Crippen LogP contribution < -0.4 is 5.73 Å². The van der Waals surface area contributed by atoms with Crippen molar-refractivity contribution in [2.24, 2.45) is 15.7 Å². The van der Waals surface area contributed by atoms with E-state index in [2.05, 4.69) is 16.1 Å². The molecule has 3 unspecified atom stereocenters. The van der Waals surface area contributed by atoms with Crippen molar-refractivity contribution >= 4 is 23.9 Å². The number of ether oxygens (including phenoxy) is 5. The first kappa shape index (κ1) is 20.4. The van der Waals surface area contributed by atoms with Gasteiger partial charge in [-0.05, 0) is 38.5 Å². The van der Waals surface area contributed by atoms with Crippen LogP contribution in [0.25, 0.3) is 0 Å². The van der Waals surface area contributed by atoms with Gasteiger partial charge >= 0.3 is 0 Å². The average molecular weight is 435 g/mol. The van der Waals surface area contributed by atoms with E-state index in [4.69, 9.17) is 29.4 Å². The maximum atomic E-state index is 10.4. The van der Waals surface area contributed by atoms with Gasteiger partial charge in [0.1, 0.15) is 36.6 Å². The Morgan fingerprint density at radius 3 is 2.97 bits per heavy atom. The van der Waals surface area contributed by atoms with Crippen molar-refractivity contribution in [3.8, 4) is 6.07 Å². The van der Waals surface area contributed by atoms with Crippen LogP contribution in [0.15, 0.2) is 21.0 Å². The lowest BCUT2D eigenvalue weighted by Crippen LogP contribution is -2.54. The molecule has 0 spiro atoms. The van der Waals surface area contributed by atoms with E-state index in [-0.39, 0.29) is 24.2 Å². The Labute approximate surface area is 179 Å². The van der Waals surface area contributed by atoms with Crippen LogP contribution in [0.2, 0.25) is 0 Å². The van der Waals surface area contributed by atoms with E-state index in [0.717, 1.165) is 24.8 Å². The van der Waals surface area contributed by atoms with Crippen LogP contribution in [0, 0.1) is 11.3 Å². The smallest absolute Gasteiger partial charge is 0.197 e. The molecule has 0 aliphatic carbocycles. The van der Waals surface area contributed by atoms with Gasteiger partial charge in [0.05, 0.1) is 17.9 Å². The third-order valence-electron chi connectivity index (χ3n) is 6.11. The molecule has 0 aromatic rings. The van der Waals surface area contributed by atoms with E-state index in [1.807, 2.05) is 19.3 Å². The monoisotopic (exact) mass is 434 g/mol. The summed E-state index contributed by atoms with van der Waals surface area (Å²) in [5.74, 6) is -0.401. The SMILES string of the molecule is CC1(C)O[C@H]2[C@@H](O1)[C@](C#N)(C1SC=C3C(N)=NC=NC31)O[C@@H]2COC1CCCCO1. The normalized spacial score (nSPS) is 44.2. The molecule has 2 N–H and O–H groups in total. The largest absolute Gasteiger partial charge is 0.383 e. The minimum atomic E-state index is -1.26. The highest BCUT2D eigenvalue weighted by atomic mass is 32.2. The first-order valence-corrected chi connectivity index (χ1v) is 11.3. The average Bonchev–Trinajstić information content (AvgIpc) is 3.38. The summed E-state index contributed by atoms with van der Waals surface area (Å²) in [6.07, 6.45) is 2.73. The molecular formula is C20H26N4O5S. The Morgan fingerprint density at radius 2 is 2.20 bits per heavy atom. The predicted octanol–water partition coefficient (Wildman–Crippen LogP) is 1.48. The summed E-state index contributed by atoms with van der Waals surface area (Å²) in [5, 5.41) is 11.9. The van der Waals surface area contributed by atoms with Gasteiger partial charge in [-0.1, -0.05) is 0 Å². The zero-order valence-corrected chi connectivity index (χ0v) is 17.8. The zero-order chi connectivity index (χ0) is 20.9. The highest BCUT2D eigenvalue weighted by Gasteiger charge is 2.68. The van der Waals surface area contributed by atoms with Crippen LogP contribution in [0.5, 0.6) is 0 Å². The van der Waals surface area contributed by atoms with Crippen molar-refractivity contribution in [2.75, 3.05) is 13.2 Å². The lowest BCUT2D eigenvalue weighted by molar-refractivity contribution is -0.220. The third-order valence-corrected chi connectivity index (χ3v) is 7.40. The van der Waals surface area contributed by atoms with E-state index in [9.17, 15) is 5.26 Å². The van der Waals surface area contributed by atoms with Gasteiger partial charge in [0.2, 0.25) is 0 Å². The number of nitrogens with zero attached hydrogens (tertiary/aromatic N) is 3. The number of aliphatic imine (C=N–C) groups is 2. The van der Waals surface area contributed by atoms with Crippen LogP contribution in [-0.4, -0.2) is 72.7 Å². The van der Waals surface area contributed by atoms with E-state index in [1.54, 1.807) is 0 Å². The van der Waals surface area contributed by atoms with Crippen molar-refractivity contribution in [2.45, 2.75) is 80.4 Å². The molecule has 3 saturated heterocycles. The second-order valence-electron chi connectivity index (χ2n) is 8.57. The van der Waals surface area contributed by atoms with Gasteiger partial charge in [-0.25, -0.2) is 4.99 Å². The van der Waals surface area contributed by atoms with Crippen molar-refractivity contribution in [3.63, 3.8) is 0 Å². The van der Waals surface area contributed by atoms with Crippen molar-refractivity contribution < 1.29 is 23.7 Å². The van der Waals surface area contributed by atoms with E-state index < -0.39 is 29.7 Å². The maximum Gasteiger partial charge on any atom is 0.197 e. The molecule has 0 saturated carbocycles. The molecule has 5 aliphatic rings. The van der Waals surface area contributed by atoms with Crippen LogP contribution >= 0.6 is 11.8 Å². The number of rotatable bonds is 4. The van der Waals surface area contributed by atoms with E-state index in [0.29, 0.717) is 12.4 Å². The first-order valence-electron chi connectivity index (χ1n) is 10.3. The van der Waals surface area contributed by atoms with Crippen LogP contribution in [0.4, 0.5) is 0 Å². The standard InChI is InChI=1S/C20H26N4O5S/c1-19(2)28-15-12(7-26-13-5-3-4-6-25-13)27-20(9-21,16(15)29-19)17-14-11(8-30-17)18(22)24-10-23-14/h8,10,12-17H,3-7H2,1-2H3,(H2,22,23,24)/t12-,13?,14?,15-,16-,17?,20-/m1/s1. The summed E-state index contributed by atoms with van der Waals surface area (Å²) in [4.78, 5) is 8.57. The number of amidine groups is 1. The van der Waals surface area contributed by atoms with Crippen molar-refractivity contribution in [3.05, 3.63) is 11.0 Å². The molecule has 7 atom stereocenters. The Morgan fingerprint density at radius 1 is 1.33 bits per heavy atom. The van der Waals surface area contributed by atoms with Gasteiger partial charge in [-0.2, -0.15) is 5.26 Å². The number of nitriles is 1.